The maximum Gasteiger partial charge on any atom is 0.275 e. The number of hydrogen-bond acceptors (Lipinski definition) is 4. The number of hydrogen-bond donors (Lipinski definition) is 3. The van der Waals surface area contributed by atoms with Gasteiger partial charge in [-0.1, -0.05) is 30.3 Å². The zero-order valence-corrected chi connectivity index (χ0v) is 14.9. The van der Waals surface area contributed by atoms with Gasteiger partial charge in [0.15, 0.2) is 0 Å². The first kappa shape index (κ1) is 17.7. The number of aromatic amines is 1. The van der Waals surface area contributed by atoms with Crippen molar-refractivity contribution >= 4 is 28.6 Å². The average molecular weight is 378 g/mol. The van der Waals surface area contributed by atoms with E-state index in [1.54, 1.807) is 18.2 Å². The monoisotopic (exact) mass is 378 g/mol. The number of benzene rings is 2. The highest BCUT2D eigenvalue weighted by Crippen LogP contribution is 2.19. The van der Waals surface area contributed by atoms with E-state index in [4.69, 9.17) is 0 Å². The van der Waals surface area contributed by atoms with E-state index in [9.17, 15) is 19.2 Å². The molecule has 3 aromatic rings. The van der Waals surface area contributed by atoms with Gasteiger partial charge in [0.2, 0.25) is 5.91 Å². The lowest BCUT2D eigenvalue weighted by molar-refractivity contribution is -0.136. The summed E-state index contributed by atoms with van der Waals surface area (Å²) in [6.07, 6.45) is 0.424. The van der Waals surface area contributed by atoms with Crippen molar-refractivity contribution in [2.45, 2.75) is 25.4 Å². The van der Waals surface area contributed by atoms with Crippen LogP contribution >= 0.6 is 0 Å². The number of imide groups is 1. The lowest BCUT2D eigenvalue weighted by Gasteiger charge is -2.20. The number of nitrogens with one attached hydrogen (secondary N) is 3. The summed E-state index contributed by atoms with van der Waals surface area (Å²) in [6.45, 7) is 0.394. The van der Waals surface area contributed by atoms with Gasteiger partial charge < -0.3 is 5.32 Å². The molecule has 8 nitrogen and oxygen atoms in total. The van der Waals surface area contributed by atoms with Crippen LogP contribution in [0.25, 0.3) is 10.9 Å². The lowest BCUT2D eigenvalue weighted by atomic mass is 10.1. The zero-order valence-electron chi connectivity index (χ0n) is 14.9. The van der Waals surface area contributed by atoms with Crippen LogP contribution < -0.4 is 16.2 Å². The van der Waals surface area contributed by atoms with Crippen molar-refractivity contribution in [1.82, 2.24) is 20.4 Å². The smallest absolute Gasteiger partial charge is 0.275 e. The molecule has 28 heavy (non-hydrogen) atoms. The van der Waals surface area contributed by atoms with Crippen LogP contribution in [-0.4, -0.2) is 27.5 Å². The van der Waals surface area contributed by atoms with Crippen LogP contribution in [0.3, 0.4) is 0 Å². The van der Waals surface area contributed by atoms with Crippen molar-refractivity contribution < 1.29 is 14.4 Å². The van der Waals surface area contributed by atoms with E-state index < -0.39 is 11.9 Å². The molecule has 2 aromatic carbocycles. The molecule has 1 unspecified atom stereocenters. The Morgan fingerprint density at radius 3 is 2.64 bits per heavy atom. The summed E-state index contributed by atoms with van der Waals surface area (Å²) in [7, 11) is 0. The second kappa shape index (κ2) is 7.15. The molecule has 1 atom stereocenters. The number of carbonyl (C=O) groups is 3. The fraction of sp³-hybridized carbons (Fsp3) is 0.200. The predicted octanol–water partition coefficient (Wildman–Crippen LogP) is 1.24. The highest BCUT2D eigenvalue weighted by atomic mass is 16.2. The van der Waals surface area contributed by atoms with E-state index in [-0.39, 0.29) is 30.2 Å². The van der Waals surface area contributed by atoms with Crippen LogP contribution in [0.5, 0.6) is 0 Å². The van der Waals surface area contributed by atoms with Crippen LogP contribution in [0.1, 0.15) is 34.8 Å². The number of piperidine rings is 1. The van der Waals surface area contributed by atoms with Crippen molar-refractivity contribution in [2.24, 2.45) is 0 Å². The molecule has 0 spiro atoms. The number of amides is 3. The van der Waals surface area contributed by atoms with E-state index >= 15 is 0 Å². The molecular formula is C20H18N4O4. The Labute approximate surface area is 159 Å². The topological polar surface area (TPSA) is 113 Å². The molecule has 2 heterocycles. The first-order chi connectivity index (χ1) is 13.5. The molecule has 3 N–H and O–H groups in total. The van der Waals surface area contributed by atoms with Crippen molar-refractivity contribution in [2.75, 3.05) is 0 Å². The Balaban J connectivity index is 1.57. The molecule has 0 saturated carbocycles. The Kier molecular flexibility index (Phi) is 4.52. The van der Waals surface area contributed by atoms with Crippen molar-refractivity contribution in [1.29, 1.82) is 0 Å². The van der Waals surface area contributed by atoms with Crippen LogP contribution in [0, 0.1) is 0 Å². The van der Waals surface area contributed by atoms with Gasteiger partial charge in [-0.2, -0.15) is 0 Å². The Bertz CT molecular complexity index is 1130. The molecule has 4 rings (SSSR count). The number of rotatable bonds is 4. The van der Waals surface area contributed by atoms with Gasteiger partial charge >= 0.3 is 0 Å². The fourth-order valence-corrected chi connectivity index (χ4v) is 3.30. The minimum atomic E-state index is -0.770. The number of H-pyrrole nitrogens is 1. The summed E-state index contributed by atoms with van der Waals surface area (Å²) in [6, 6.07) is 13.5. The third-order valence-corrected chi connectivity index (χ3v) is 4.79. The predicted molar refractivity (Wildman–Crippen MR) is 102 cm³/mol. The third-order valence-electron chi connectivity index (χ3n) is 4.79. The van der Waals surface area contributed by atoms with Gasteiger partial charge in [0.05, 0.1) is 10.9 Å². The molecule has 0 radical (unpaired) electrons. The quantitative estimate of drug-likeness (QED) is 0.593. The standard InChI is InChI=1S/C20H18N4O4/c25-17-9-8-16(19(27)22-17)24-20(28)14-7-6-13(10-15(14)23-24)18(26)21-11-12-4-2-1-3-5-12/h1-7,10,16,23H,8-9,11H2,(H,21,26)(H,22,25,27). The van der Waals surface area contributed by atoms with Crippen LogP contribution in [0.15, 0.2) is 53.3 Å². The highest BCUT2D eigenvalue weighted by molar-refractivity contribution is 6.00. The van der Waals surface area contributed by atoms with Crippen molar-refractivity contribution in [3.05, 3.63) is 70.0 Å². The van der Waals surface area contributed by atoms with Gasteiger partial charge in [0.1, 0.15) is 6.04 Å². The first-order valence-electron chi connectivity index (χ1n) is 8.93. The van der Waals surface area contributed by atoms with Crippen LogP contribution in [-0.2, 0) is 16.1 Å². The molecular weight excluding hydrogens is 360 g/mol. The fourth-order valence-electron chi connectivity index (χ4n) is 3.30. The van der Waals surface area contributed by atoms with E-state index in [0.29, 0.717) is 23.0 Å². The maximum atomic E-state index is 12.6. The molecule has 0 bridgehead atoms. The Morgan fingerprint density at radius 2 is 1.89 bits per heavy atom. The lowest BCUT2D eigenvalue weighted by Crippen LogP contribution is -2.44. The largest absolute Gasteiger partial charge is 0.348 e. The first-order valence-corrected chi connectivity index (χ1v) is 8.93. The zero-order chi connectivity index (χ0) is 19.7. The Hall–Kier alpha value is -3.68. The summed E-state index contributed by atoms with van der Waals surface area (Å²) in [5, 5.41) is 8.36. The summed E-state index contributed by atoms with van der Waals surface area (Å²) in [5.41, 5.74) is 1.48. The molecule has 1 saturated heterocycles. The van der Waals surface area contributed by atoms with Gasteiger partial charge in [-0.3, -0.25) is 29.6 Å². The summed E-state index contributed by atoms with van der Waals surface area (Å²) >= 11 is 0. The van der Waals surface area contributed by atoms with E-state index in [1.807, 2.05) is 30.3 Å². The van der Waals surface area contributed by atoms with E-state index in [2.05, 4.69) is 15.7 Å². The van der Waals surface area contributed by atoms with Gasteiger partial charge in [0, 0.05) is 18.5 Å². The van der Waals surface area contributed by atoms with Gasteiger partial charge in [-0.05, 0) is 30.2 Å². The number of fused-ring (bicyclic) bond motifs is 1. The van der Waals surface area contributed by atoms with Crippen molar-refractivity contribution in [3.63, 3.8) is 0 Å². The second-order valence-corrected chi connectivity index (χ2v) is 6.68. The molecule has 142 valence electrons. The normalized spacial score (nSPS) is 16.8. The average Bonchev–Trinajstić information content (AvgIpc) is 3.02. The van der Waals surface area contributed by atoms with Crippen molar-refractivity contribution in [3.8, 4) is 0 Å². The molecule has 1 aliphatic heterocycles. The second-order valence-electron chi connectivity index (χ2n) is 6.68. The molecule has 1 aromatic heterocycles. The number of aromatic nitrogens is 2. The summed E-state index contributed by atoms with van der Waals surface area (Å²) in [4.78, 5) is 48.4. The molecule has 1 aliphatic rings. The number of carbonyl (C=O) groups excluding carboxylic acids is 3. The third kappa shape index (κ3) is 3.32. The Morgan fingerprint density at radius 1 is 1.11 bits per heavy atom. The summed E-state index contributed by atoms with van der Waals surface area (Å²) < 4.78 is 1.22. The minimum Gasteiger partial charge on any atom is -0.348 e. The molecule has 8 heteroatoms. The maximum absolute atomic E-state index is 12.6. The molecule has 1 fully saturated rings. The molecule has 0 aliphatic carbocycles. The molecule has 3 amide bonds. The highest BCUT2D eigenvalue weighted by Gasteiger charge is 2.30. The summed E-state index contributed by atoms with van der Waals surface area (Å²) in [5.74, 6) is -1.12. The van der Waals surface area contributed by atoms with E-state index in [1.165, 1.54) is 4.68 Å². The minimum absolute atomic E-state index is 0.172. The SMILES string of the molecule is O=C1CCC(n2[nH]c3cc(C(=O)NCc4ccccc4)ccc3c2=O)C(=O)N1. The van der Waals surface area contributed by atoms with Crippen LogP contribution in [0.4, 0.5) is 0 Å². The van der Waals surface area contributed by atoms with E-state index in [0.717, 1.165) is 5.56 Å². The number of nitrogens with zero attached hydrogens (tertiary/aromatic N) is 1. The van der Waals surface area contributed by atoms with Gasteiger partial charge in [-0.15, -0.1) is 0 Å². The van der Waals surface area contributed by atoms with Gasteiger partial charge in [0.25, 0.3) is 17.4 Å². The van der Waals surface area contributed by atoms with Crippen LogP contribution in [0.2, 0.25) is 0 Å². The van der Waals surface area contributed by atoms with Gasteiger partial charge in [-0.25, -0.2) is 4.68 Å².